The van der Waals surface area contributed by atoms with Crippen molar-refractivity contribution in [2.75, 3.05) is 20.8 Å². The molecule has 3 aliphatic rings. The number of aliphatic hydroxyl groups excluding tert-OH is 2. The summed E-state index contributed by atoms with van der Waals surface area (Å²) < 4.78 is 10.3. The summed E-state index contributed by atoms with van der Waals surface area (Å²) in [4.78, 5) is 26.4. The molecule has 1 fully saturated rings. The predicted octanol–water partition coefficient (Wildman–Crippen LogP) is 3.47. The van der Waals surface area contributed by atoms with Crippen molar-refractivity contribution in [3.8, 4) is 17.2 Å². The van der Waals surface area contributed by atoms with Gasteiger partial charge in [-0.05, 0) is 51.5 Å². The normalized spacial score (nSPS) is 21.5. The Bertz CT molecular complexity index is 1270. The van der Waals surface area contributed by atoms with Crippen LogP contribution in [0.5, 0.6) is 17.2 Å². The molecule has 1 saturated heterocycles. The first kappa shape index (κ1) is 31.1. The van der Waals surface area contributed by atoms with Crippen LogP contribution >= 0.6 is 0 Å². The summed E-state index contributed by atoms with van der Waals surface area (Å²) in [5.41, 5.74) is 3.88. The van der Waals surface area contributed by atoms with E-state index in [-0.39, 0.29) is 64.6 Å². The molecule has 2 aromatic carbocycles. The number of hydrogen-bond donors (Lipinski definition) is 5. The van der Waals surface area contributed by atoms with Gasteiger partial charge in [0.1, 0.15) is 17.2 Å². The zero-order chi connectivity index (χ0) is 29.6. The number of ether oxygens (including phenoxy) is 2. The van der Waals surface area contributed by atoms with Crippen molar-refractivity contribution in [1.82, 2.24) is 5.43 Å². The lowest BCUT2D eigenvalue weighted by Gasteiger charge is -2.30. The van der Waals surface area contributed by atoms with Gasteiger partial charge in [0.05, 0.1) is 42.2 Å². The fourth-order valence-corrected chi connectivity index (χ4v) is 5.48. The van der Waals surface area contributed by atoms with E-state index in [4.69, 9.17) is 14.6 Å². The number of aromatic hydroxyl groups is 2. The fraction of sp³-hybridized carbons (Fsp3) is 0.500. The minimum atomic E-state index is -0.553. The lowest BCUT2D eigenvalue weighted by Crippen LogP contribution is -2.29. The van der Waals surface area contributed by atoms with E-state index in [0.29, 0.717) is 29.7 Å². The maximum Gasteiger partial charge on any atom is 0.202 e. The van der Waals surface area contributed by atoms with Gasteiger partial charge in [-0.15, -0.1) is 0 Å². The third-order valence-electron chi connectivity index (χ3n) is 7.36. The molecule has 5 rings (SSSR count). The molecule has 5 N–H and O–H groups in total. The van der Waals surface area contributed by atoms with E-state index in [2.05, 4.69) is 10.5 Å². The van der Waals surface area contributed by atoms with Crippen LogP contribution in [0.2, 0.25) is 0 Å². The first-order chi connectivity index (χ1) is 19.2. The zero-order valence-corrected chi connectivity index (χ0v) is 23.8. The van der Waals surface area contributed by atoms with Gasteiger partial charge in [0.15, 0.2) is 12.1 Å². The van der Waals surface area contributed by atoms with Gasteiger partial charge in [0, 0.05) is 29.7 Å². The highest BCUT2D eigenvalue weighted by Crippen LogP contribution is 2.47. The number of aliphatic hydroxyl groups is 2. The van der Waals surface area contributed by atoms with Crippen molar-refractivity contribution < 1.29 is 39.5 Å². The van der Waals surface area contributed by atoms with Crippen LogP contribution in [0.3, 0.4) is 0 Å². The lowest BCUT2D eigenvalue weighted by molar-refractivity contribution is -0.156. The fourth-order valence-electron chi connectivity index (χ4n) is 5.48. The van der Waals surface area contributed by atoms with Crippen molar-refractivity contribution in [1.29, 1.82) is 0 Å². The smallest absolute Gasteiger partial charge is 0.202 e. The average molecular weight is 557 g/mol. The van der Waals surface area contributed by atoms with Crippen molar-refractivity contribution in [2.45, 2.75) is 71.7 Å². The van der Waals surface area contributed by atoms with Crippen LogP contribution < -0.4 is 10.2 Å². The lowest BCUT2D eigenvalue weighted by atomic mass is 9.74. The molecule has 10 heteroatoms. The topological polar surface area (TPSA) is 158 Å². The third kappa shape index (κ3) is 5.99. The number of nitrogens with zero attached hydrogens (tertiary/aromatic N) is 1. The summed E-state index contributed by atoms with van der Waals surface area (Å²) >= 11 is 0. The summed E-state index contributed by atoms with van der Waals surface area (Å²) in [6.07, 6.45) is 4.01. The predicted molar refractivity (Wildman–Crippen MR) is 150 cm³/mol. The molecule has 0 spiro atoms. The van der Waals surface area contributed by atoms with Gasteiger partial charge in [0.25, 0.3) is 0 Å². The van der Waals surface area contributed by atoms with E-state index < -0.39 is 17.9 Å². The van der Waals surface area contributed by atoms with E-state index >= 15 is 0 Å². The van der Waals surface area contributed by atoms with E-state index in [1.54, 1.807) is 19.2 Å². The standard InChI is InChI=1S/C22H22N2O6.C6H12O2.C2H6/c1-23-24-14(9-25)10-6-7-11-13(8-10)21(28)17-18(19(11)26)22(29)16-12(20(17)27)4-3-5-15(16)30-2;1-5-3-2-4-6(7)8-5;1-2/h3-5,10,23,25-26,28H,6-9H2,1-2H3;5-7H,2-4H2,1H3;1-2H3/b24-14+;;/t10-;5-,6?;/m00./s1. The number of carbonyl (C=O) groups is 2. The number of hydrazone groups is 1. The molecule has 0 bridgehead atoms. The highest BCUT2D eigenvalue weighted by atomic mass is 16.6. The quantitative estimate of drug-likeness (QED) is 0.184. The van der Waals surface area contributed by atoms with Crippen LogP contribution in [-0.2, 0) is 17.6 Å². The highest BCUT2D eigenvalue weighted by Gasteiger charge is 2.40. The molecule has 0 aromatic heterocycles. The van der Waals surface area contributed by atoms with Crippen molar-refractivity contribution in [3.05, 3.63) is 51.6 Å². The Morgan fingerprint density at radius 3 is 2.30 bits per heavy atom. The molecular weight excluding hydrogens is 516 g/mol. The molecule has 0 saturated carbocycles. The van der Waals surface area contributed by atoms with Crippen LogP contribution in [0.1, 0.15) is 89.4 Å². The number of ketones is 2. The number of carbonyl (C=O) groups excluding carboxylic acids is 2. The number of phenols is 2. The molecule has 1 aliphatic heterocycles. The van der Waals surface area contributed by atoms with E-state index in [9.17, 15) is 24.9 Å². The monoisotopic (exact) mass is 556 g/mol. The average Bonchev–Trinajstić information content (AvgIpc) is 2.97. The van der Waals surface area contributed by atoms with Gasteiger partial charge in [-0.25, -0.2) is 0 Å². The van der Waals surface area contributed by atoms with Crippen LogP contribution in [0, 0.1) is 5.92 Å². The molecule has 2 aliphatic carbocycles. The van der Waals surface area contributed by atoms with Gasteiger partial charge < -0.3 is 35.3 Å². The number of nitrogens with one attached hydrogen (secondary N) is 1. The first-order valence-corrected chi connectivity index (χ1v) is 13.8. The SMILES string of the molecule is CC.CN/N=C(\CO)[C@H]1CCc2c(O)c3c(c(O)c2C1)C(=O)c1cccc(OC)c1C3=O.C[C@H]1CCCC(O)O1. The Morgan fingerprint density at radius 1 is 1.05 bits per heavy atom. The maximum atomic E-state index is 13.2. The minimum Gasteiger partial charge on any atom is -0.507 e. The molecule has 1 unspecified atom stereocenters. The molecule has 2 aromatic rings. The summed E-state index contributed by atoms with van der Waals surface area (Å²) in [6, 6.07) is 4.68. The summed E-state index contributed by atoms with van der Waals surface area (Å²) in [5, 5.41) is 44.5. The third-order valence-corrected chi connectivity index (χ3v) is 7.36. The van der Waals surface area contributed by atoms with Gasteiger partial charge >= 0.3 is 0 Å². The van der Waals surface area contributed by atoms with Crippen LogP contribution in [0.15, 0.2) is 23.3 Å². The second kappa shape index (κ2) is 13.7. The number of phenolic OH excluding ortho intramolecular Hbond substituents is 2. The molecule has 3 atom stereocenters. The Hall–Kier alpha value is -3.47. The van der Waals surface area contributed by atoms with Crippen molar-refractivity contribution in [2.24, 2.45) is 11.0 Å². The maximum absolute atomic E-state index is 13.2. The molecule has 218 valence electrons. The van der Waals surface area contributed by atoms with E-state index in [1.807, 2.05) is 20.8 Å². The highest BCUT2D eigenvalue weighted by molar-refractivity contribution is 6.31. The number of fused-ring (bicyclic) bond motifs is 3. The van der Waals surface area contributed by atoms with Gasteiger partial charge in [-0.3, -0.25) is 9.59 Å². The molecule has 1 heterocycles. The minimum absolute atomic E-state index is 0.0876. The van der Waals surface area contributed by atoms with E-state index in [0.717, 1.165) is 19.3 Å². The number of hydrogen-bond acceptors (Lipinski definition) is 10. The Morgan fingerprint density at radius 2 is 1.73 bits per heavy atom. The van der Waals surface area contributed by atoms with Gasteiger partial charge in [-0.2, -0.15) is 5.10 Å². The van der Waals surface area contributed by atoms with Crippen LogP contribution in [0.25, 0.3) is 0 Å². The largest absolute Gasteiger partial charge is 0.507 e. The van der Waals surface area contributed by atoms with Crippen LogP contribution in [0.4, 0.5) is 0 Å². The first-order valence-electron chi connectivity index (χ1n) is 13.8. The van der Waals surface area contributed by atoms with Gasteiger partial charge in [-0.1, -0.05) is 26.0 Å². The molecule has 40 heavy (non-hydrogen) atoms. The Balaban J connectivity index is 0.000000376. The molecule has 0 amide bonds. The molecule has 0 radical (unpaired) electrons. The molecule has 10 nitrogen and oxygen atoms in total. The van der Waals surface area contributed by atoms with Crippen LogP contribution in [-0.4, -0.2) is 70.9 Å². The Labute approximate surface area is 234 Å². The second-order valence-electron chi connectivity index (χ2n) is 9.70. The van der Waals surface area contributed by atoms with Gasteiger partial charge in [0.2, 0.25) is 5.78 Å². The van der Waals surface area contributed by atoms with Crippen molar-refractivity contribution >= 4 is 17.3 Å². The van der Waals surface area contributed by atoms with Crippen molar-refractivity contribution in [3.63, 3.8) is 0 Å². The Kier molecular flexibility index (Phi) is 10.7. The summed E-state index contributed by atoms with van der Waals surface area (Å²) in [5.74, 6) is -1.59. The summed E-state index contributed by atoms with van der Waals surface area (Å²) in [6.45, 7) is 5.74. The number of rotatable bonds is 4. The number of methoxy groups -OCH3 is 1. The molecular formula is C30H40N2O8. The van der Waals surface area contributed by atoms with E-state index in [1.165, 1.54) is 13.2 Å². The summed E-state index contributed by atoms with van der Waals surface area (Å²) in [7, 11) is 3.03. The number of benzene rings is 2. The second-order valence-corrected chi connectivity index (χ2v) is 9.70. The zero-order valence-electron chi connectivity index (χ0n) is 23.8.